The van der Waals surface area contributed by atoms with E-state index in [9.17, 15) is 8.78 Å². The Bertz CT molecular complexity index is 600. The molecule has 0 bridgehead atoms. The average molecular weight is 313 g/mol. The number of hydrogen-bond donors (Lipinski definition) is 2. The molecule has 2 nitrogen and oxygen atoms in total. The topological polar surface area (TPSA) is 38.0 Å². The van der Waals surface area contributed by atoms with Crippen LogP contribution in [0.25, 0.3) is 0 Å². The molecule has 18 heavy (non-hydrogen) atoms. The van der Waals surface area contributed by atoms with E-state index in [0.29, 0.717) is 11.4 Å². The fourth-order valence-corrected chi connectivity index (χ4v) is 1.91. The zero-order valence-corrected chi connectivity index (χ0v) is 11.2. The molecule has 0 radical (unpaired) electrons. The van der Waals surface area contributed by atoms with Gasteiger partial charge < -0.3 is 11.1 Å². The van der Waals surface area contributed by atoms with Crippen molar-refractivity contribution < 1.29 is 8.78 Å². The van der Waals surface area contributed by atoms with E-state index in [1.165, 1.54) is 6.92 Å². The molecule has 2 rings (SSSR count). The third kappa shape index (κ3) is 2.61. The molecule has 0 saturated heterocycles. The summed E-state index contributed by atoms with van der Waals surface area (Å²) in [5, 5.41) is 2.77. The van der Waals surface area contributed by atoms with Crippen molar-refractivity contribution in [3.8, 4) is 0 Å². The summed E-state index contributed by atoms with van der Waals surface area (Å²) in [4.78, 5) is 0. The number of rotatable bonds is 2. The number of nitrogens with two attached hydrogens (primary N) is 1. The van der Waals surface area contributed by atoms with Crippen LogP contribution in [0.5, 0.6) is 0 Å². The molecule has 0 aromatic heterocycles. The molecule has 0 aliphatic rings. The Balaban J connectivity index is 2.37. The van der Waals surface area contributed by atoms with Gasteiger partial charge in [0.2, 0.25) is 0 Å². The van der Waals surface area contributed by atoms with Crippen molar-refractivity contribution in [3.63, 3.8) is 0 Å². The summed E-state index contributed by atoms with van der Waals surface area (Å²) in [5.41, 5.74) is 7.08. The lowest BCUT2D eigenvalue weighted by Gasteiger charge is -2.11. The van der Waals surface area contributed by atoms with Crippen molar-refractivity contribution in [2.24, 2.45) is 0 Å². The van der Waals surface area contributed by atoms with Crippen molar-refractivity contribution in [3.05, 3.63) is 52.0 Å². The number of nitrogen functional groups attached to an aromatic ring is 1. The summed E-state index contributed by atoms with van der Waals surface area (Å²) in [6, 6.07) is 7.40. The highest BCUT2D eigenvalue weighted by Crippen LogP contribution is 2.28. The van der Waals surface area contributed by atoms with Crippen molar-refractivity contribution >= 4 is 33.0 Å². The van der Waals surface area contributed by atoms with Gasteiger partial charge in [-0.1, -0.05) is 15.9 Å². The van der Waals surface area contributed by atoms with Crippen LogP contribution in [0.4, 0.5) is 25.8 Å². The molecule has 5 heteroatoms. The quantitative estimate of drug-likeness (QED) is 0.808. The van der Waals surface area contributed by atoms with Crippen LogP contribution in [-0.2, 0) is 0 Å². The second kappa shape index (κ2) is 4.94. The maximum atomic E-state index is 13.6. The zero-order valence-electron chi connectivity index (χ0n) is 9.60. The molecule has 2 aromatic carbocycles. The highest BCUT2D eigenvalue weighted by molar-refractivity contribution is 9.10. The lowest BCUT2D eigenvalue weighted by Crippen LogP contribution is -1.99. The third-order valence-corrected chi connectivity index (χ3v) is 3.02. The van der Waals surface area contributed by atoms with Crippen LogP contribution in [0.2, 0.25) is 0 Å². The van der Waals surface area contributed by atoms with E-state index in [1.54, 1.807) is 18.2 Å². The van der Waals surface area contributed by atoms with Gasteiger partial charge in [-0.05, 0) is 36.8 Å². The van der Waals surface area contributed by atoms with Crippen LogP contribution >= 0.6 is 15.9 Å². The van der Waals surface area contributed by atoms with Gasteiger partial charge in [0.05, 0.1) is 17.1 Å². The van der Waals surface area contributed by atoms with Crippen LogP contribution in [0.3, 0.4) is 0 Å². The number of benzene rings is 2. The summed E-state index contributed by atoms with van der Waals surface area (Å²) in [5.74, 6) is -0.981. The molecule has 3 N–H and O–H groups in total. The first kappa shape index (κ1) is 12.8. The minimum Gasteiger partial charge on any atom is -0.397 e. The van der Waals surface area contributed by atoms with E-state index in [0.717, 1.165) is 16.6 Å². The largest absolute Gasteiger partial charge is 0.397 e. The van der Waals surface area contributed by atoms with Crippen molar-refractivity contribution in [1.82, 2.24) is 0 Å². The maximum absolute atomic E-state index is 13.6. The number of aryl methyl sites for hydroxylation is 1. The SMILES string of the molecule is Cc1cc(F)c(Nc2ccc(Br)cc2N)cc1F. The van der Waals surface area contributed by atoms with E-state index in [-0.39, 0.29) is 11.3 Å². The molecule has 94 valence electrons. The maximum Gasteiger partial charge on any atom is 0.147 e. The Morgan fingerprint density at radius 1 is 1.06 bits per heavy atom. The lowest BCUT2D eigenvalue weighted by molar-refractivity contribution is 0.595. The Hall–Kier alpha value is -1.62. The minimum absolute atomic E-state index is 0.0622. The summed E-state index contributed by atoms with van der Waals surface area (Å²) in [6.45, 7) is 1.51. The Morgan fingerprint density at radius 2 is 1.78 bits per heavy atom. The van der Waals surface area contributed by atoms with Crippen molar-refractivity contribution in [1.29, 1.82) is 0 Å². The van der Waals surface area contributed by atoms with Gasteiger partial charge in [0.25, 0.3) is 0 Å². The molecule has 0 unspecified atom stereocenters. The average Bonchev–Trinajstić information content (AvgIpc) is 2.29. The standard InChI is InChI=1S/C13H11BrF2N2/c1-7-4-10(16)13(6-9(7)15)18-12-3-2-8(14)5-11(12)17/h2-6,18H,17H2,1H3. The number of halogens is 3. The second-order valence-electron chi connectivity index (χ2n) is 3.94. The Morgan fingerprint density at radius 3 is 2.44 bits per heavy atom. The van der Waals surface area contributed by atoms with E-state index in [2.05, 4.69) is 21.2 Å². The fraction of sp³-hybridized carbons (Fsp3) is 0.0769. The highest BCUT2D eigenvalue weighted by atomic mass is 79.9. The predicted octanol–water partition coefficient (Wildman–Crippen LogP) is 4.36. The van der Waals surface area contributed by atoms with Gasteiger partial charge in [-0.2, -0.15) is 0 Å². The van der Waals surface area contributed by atoms with E-state index in [1.807, 2.05) is 0 Å². The third-order valence-electron chi connectivity index (χ3n) is 2.53. The summed E-state index contributed by atoms with van der Waals surface area (Å²) in [7, 11) is 0. The molecular weight excluding hydrogens is 302 g/mol. The van der Waals surface area contributed by atoms with Gasteiger partial charge in [-0.25, -0.2) is 8.78 Å². The Kier molecular flexibility index (Phi) is 3.52. The minimum atomic E-state index is -0.517. The van der Waals surface area contributed by atoms with Crippen LogP contribution in [-0.4, -0.2) is 0 Å². The summed E-state index contributed by atoms with van der Waals surface area (Å²) in [6.07, 6.45) is 0. The zero-order chi connectivity index (χ0) is 13.3. The van der Waals surface area contributed by atoms with E-state index >= 15 is 0 Å². The number of nitrogens with one attached hydrogen (secondary N) is 1. The van der Waals surface area contributed by atoms with Gasteiger partial charge in [0, 0.05) is 10.5 Å². The first-order valence-electron chi connectivity index (χ1n) is 5.25. The highest BCUT2D eigenvalue weighted by Gasteiger charge is 2.09. The molecule has 0 spiro atoms. The van der Waals surface area contributed by atoms with Crippen LogP contribution in [0.15, 0.2) is 34.8 Å². The van der Waals surface area contributed by atoms with E-state index < -0.39 is 11.6 Å². The number of hydrogen-bond acceptors (Lipinski definition) is 2. The van der Waals surface area contributed by atoms with Crippen molar-refractivity contribution in [2.75, 3.05) is 11.1 Å². The van der Waals surface area contributed by atoms with Gasteiger partial charge in [-0.15, -0.1) is 0 Å². The predicted molar refractivity (Wildman–Crippen MR) is 72.9 cm³/mol. The molecule has 2 aromatic rings. The van der Waals surface area contributed by atoms with Gasteiger partial charge in [-0.3, -0.25) is 0 Å². The van der Waals surface area contributed by atoms with Crippen LogP contribution < -0.4 is 11.1 Å². The second-order valence-corrected chi connectivity index (χ2v) is 4.85. The van der Waals surface area contributed by atoms with E-state index in [4.69, 9.17) is 5.73 Å². The molecule has 0 aliphatic carbocycles. The lowest BCUT2D eigenvalue weighted by atomic mass is 10.2. The molecule has 0 fully saturated rings. The van der Waals surface area contributed by atoms with Gasteiger partial charge in [0.1, 0.15) is 11.6 Å². The molecule has 0 heterocycles. The number of anilines is 3. The van der Waals surface area contributed by atoms with Gasteiger partial charge in [0.15, 0.2) is 0 Å². The fourth-order valence-electron chi connectivity index (χ4n) is 1.53. The summed E-state index contributed by atoms with van der Waals surface area (Å²) >= 11 is 3.28. The molecule has 0 saturated carbocycles. The smallest absolute Gasteiger partial charge is 0.147 e. The first-order chi connectivity index (χ1) is 8.47. The van der Waals surface area contributed by atoms with Gasteiger partial charge >= 0.3 is 0 Å². The molecule has 0 atom stereocenters. The Labute approximate surface area is 112 Å². The van der Waals surface area contributed by atoms with Crippen LogP contribution in [0, 0.1) is 18.6 Å². The molecule has 0 amide bonds. The molecule has 0 aliphatic heterocycles. The summed E-state index contributed by atoms with van der Waals surface area (Å²) < 4.78 is 27.8. The molecular formula is C13H11BrF2N2. The monoisotopic (exact) mass is 312 g/mol. The van der Waals surface area contributed by atoms with Crippen LogP contribution in [0.1, 0.15) is 5.56 Å². The first-order valence-corrected chi connectivity index (χ1v) is 6.04. The van der Waals surface area contributed by atoms with Crippen molar-refractivity contribution in [2.45, 2.75) is 6.92 Å². The normalized spacial score (nSPS) is 10.4.